The van der Waals surface area contributed by atoms with Gasteiger partial charge in [0.1, 0.15) is 5.75 Å². The maximum atomic E-state index is 6.41. The maximum absolute atomic E-state index is 6.41. The zero-order chi connectivity index (χ0) is 14.0. The van der Waals surface area contributed by atoms with E-state index in [-0.39, 0.29) is 6.04 Å². The van der Waals surface area contributed by atoms with E-state index in [1.807, 2.05) is 13.0 Å². The first kappa shape index (κ1) is 14.6. The molecule has 1 unspecified atom stereocenters. The lowest BCUT2D eigenvalue weighted by molar-refractivity contribution is 0.335. The highest BCUT2D eigenvalue weighted by Crippen LogP contribution is 2.36. The van der Waals surface area contributed by atoms with Crippen LogP contribution in [0.5, 0.6) is 5.75 Å². The Morgan fingerprint density at radius 3 is 2.63 bits per heavy atom. The summed E-state index contributed by atoms with van der Waals surface area (Å²) >= 11 is 5.24. The number of nitrogens with two attached hydrogens (primary N) is 1. The summed E-state index contributed by atoms with van der Waals surface area (Å²) in [5.74, 6) is 0.878. The van der Waals surface area contributed by atoms with E-state index in [4.69, 9.17) is 10.5 Å². The molecular weight excluding hydrogens is 322 g/mol. The van der Waals surface area contributed by atoms with Crippen molar-refractivity contribution in [3.63, 3.8) is 0 Å². The number of hydrogen-bond acceptors (Lipinski definition) is 3. The fourth-order valence-corrected chi connectivity index (χ4v) is 3.58. The van der Waals surface area contributed by atoms with Gasteiger partial charge in [0.15, 0.2) is 0 Å². The molecule has 1 heterocycles. The lowest BCUT2D eigenvalue weighted by Gasteiger charge is -2.16. The summed E-state index contributed by atoms with van der Waals surface area (Å²) in [7, 11) is 0. The van der Waals surface area contributed by atoms with Crippen molar-refractivity contribution >= 4 is 27.3 Å². The third kappa shape index (κ3) is 3.19. The van der Waals surface area contributed by atoms with Crippen molar-refractivity contribution in [3.05, 3.63) is 49.6 Å². The third-order valence-electron chi connectivity index (χ3n) is 2.98. The van der Waals surface area contributed by atoms with Crippen LogP contribution < -0.4 is 10.5 Å². The molecule has 0 bridgehead atoms. The molecule has 1 aromatic carbocycles. The van der Waals surface area contributed by atoms with Gasteiger partial charge in [-0.2, -0.15) is 0 Å². The van der Waals surface area contributed by atoms with Gasteiger partial charge < -0.3 is 10.5 Å². The molecule has 19 heavy (non-hydrogen) atoms. The van der Waals surface area contributed by atoms with Gasteiger partial charge in [0.05, 0.1) is 16.4 Å². The molecule has 0 radical (unpaired) electrons. The molecule has 2 aromatic rings. The highest BCUT2D eigenvalue weighted by Gasteiger charge is 2.17. The molecule has 2 N–H and O–H groups in total. The number of hydrogen-bond donors (Lipinski definition) is 1. The highest BCUT2D eigenvalue weighted by atomic mass is 79.9. The first-order chi connectivity index (χ1) is 9.02. The zero-order valence-electron chi connectivity index (χ0n) is 11.4. The Hall–Kier alpha value is -0.840. The Morgan fingerprint density at radius 1 is 1.32 bits per heavy atom. The summed E-state index contributed by atoms with van der Waals surface area (Å²) in [6, 6.07) is 8.16. The van der Waals surface area contributed by atoms with E-state index in [0.29, 0.717) is 6.61 Å². The van der Waals surface area contributed by atoms with Crippen LogP contribution in [0.2, 0.25) is 0 Å². The fourth-order valence-electron chi connectivity index (χ4n) is 1.99. The quantitative estimate of drug-likeness (QED) is 0.885. The van der Waals surface area contributed by atoms with E-state index in [0.717, 1.165) is 20.0 Å². The molecule has 1 atom stereocenters. The van der Waals surface area contributed by atoms with Gasteiger partial charge in [-0.1, -0.05) is 17.7 Å². The van der Waals surface area contributed by atoms with Crippen LogP contribution in [0.25, 0.3) is 0 Å². The van der Waals surface area contributed by atoms with Gasteiger partial charge in [0, 0.05) is 10.4 Å². The molecule has 1 aromatic heterocycles. The Balaban J connectivity index is 2.41. The summed E-state index contributed by atoms with van der Waals surface area (Å²) in [6.07, 6.45) is 0. The molecule has 0 aliphatic heterocycles. The van der Waals surface area contributed by atoms with Crippen LogP contribution in [0.4, 0.5) is 0 Å². The van der Waals surface area contributed by atoms with E-state index in [1.54, 1.807) is 11.3 Å². The van der Waals surface area contributed by atoms with Gasteiger partial charge in [-0.15, -0.1) is 11.3 Å². The monoisotopic (exact) mass is 339 g/mol. The Labute approximate surface area is 126 Å². The molecule has 0 aliphatic rings. The minimum absolute atomic E-state index is 0.142. The summed E-state index contributed by atoms with van der Waals surface area (Å²) in [6.45, 7) is 6.79. The molecule has 0 spiro atoms. The van der Waals surface area contributed by atoms with E-state index in [2.05, 4.69) is 48.0 Å². The van der Waals surface area contributed by atoms with E-state index < -0.39 is 0 Å². The second-order valence-electron chi connectivity index (χ2n) is 4.56. The minimum atomic E-state index is -0.142. The summed E-state index contributed by atoms with van der Waals surface area (Å²) < 4.78 is 6.83. The number of halogens is 1. The average molecular weight is 340 g/mol. The van der Waals surface area contributed by atoms with Crippen LogP contribution in [0.3, 0.4) is 0 Å². The number of ether oxygens (including phenoxy) is 1. The molecule has 0 saturated carbocycles. The summed E-state index contributed by atoms with van der Waals surface area (Å²) in [5.41, 5.74) is 9.88. The molecule has 4 heteroatoms. The van der Waals surface area contributed by atoms with Crippen molar-refractivity contribution in [2.24, 2.45) is 5.73 Å². The van der Waals surface area contributed by atoms with Gasteiger partial charge in [-0.05, 0) is 54.4 Å². The van der Waals surface area contributed by atoms with Gasteiger partial charge in [0.25, 0.3) is 0 Å². The Bertz CT molecular complexity index is 560. The molecule has 0 fully saturated rings. The smallest absolute Gasteiger partial charge is 0.124 e. The summed E-state index contributed by atoms with van der Waals surface area (Å²) in [5, 5.41) is 0. The third-order valence-corrected chi connectivity index (χ3v) is 5.20. The second kappa shape index (κ2) is 6.07. The van der Waals surface area contributed by atoms with Crippen molar-refractivity contribution in [1.82, 2.24) is 0 Å². The van der Waals surface area contributed by atoms with E-state index in [1.165, 1.54) is 11.1 Å². The number of benzene rings is 1. The lowest BCUT2D eigenvalue weighted by atomic mass is 10.0. The van der Waals surface area contributed by atoms with Crippen molar-refractivity contribution in [3.8, 4) is 5.75 Å². The minimum Gasteiger partial charge on any atom is -0.494 e. The average Bonchev–Trinajstić information content (AvgIpc) is 2.71. The van der Waals surface area contributed by atoms with Crippen LogP contribution in [-0.2, 0) is 0 Å². The van der Waals surface area contributed by atoms with Crippen LogP contribution >= 0.6 is 27.3 Å². The maximum Gasteiger partial charge on any atom is 0.124 e. The highest BCUT2D eigenvalue weighted by molar-refractivity contribution is 9.11. The predicted molar refractivity (Wildman–Crippen MR) is 85.1 cm³/mol. The van der Waals surface area contributed by atoms with Crippen LogP contribution in [0, 0.1) is 13.8 Å². The topological polar surface area (TPSA) is 35.2 Å². The number of aryl methyl sites for hydroxylation is 2. The van der Waals surface area contributed by atoms with Crippen molar-refractivity contribution in [2.75, 3.05) is 6.61 Å². The van der Waals surface area contributed by atoms with Crippen molar-refractivity contribution in [1.29, 1.82) is 0 Å². The normalized spacial score (nSPS) is 12.5. The number of thiophene rings is 1. The van der Waals surface area contributed by atoms with Crippen molar-refractivity contribution in [2.45, 2.75) is 26.8 Å². The standard InChI is InChI=1S/C15H18BrNOS/c1-4-18-12-6-5-9(2)7-11(12)14(17)13-8-10(3)15(16)19-13/h5-8,14H,4,17H2,1-3H3. The van der Waals surface area contributed by atoms with Gasteiger partial charge in [0.2, 0.25) is 0 Å². The van der Waals surface area contributed by atoms with Crippen molar-refractivity contribution < 1.29 is 4.74 Å². The van der Waals surface area contributed by atoms with E-state index in [9.17, 15) is 0 Å². The first-order valence-electron chi connectivity index (χ1n) is 6.27. The SMILES string of the molecule is CCOc1ccc(C)cc1C(N)c1cc(C)c(Br)s1. The molecule has 0 amide bonds. The van der Waals surface area contributed by atoms with E-state index >= 15 is 0 Å². The second-order valence-corrected chi connectivity index (χ2v) is 6.96. The first-order valence-corrected chi connectivity index (χ1v) is 7.88. The molecule has 2 rings (SSSR count). The zero-order valence-corrected chi connectivity index (χ0v) is 13.8. The lowest BCUT2D eigenvalue weighted by Crippen LogP contribution is -2.12. The largest absolute Gasteiger partial charge is 0.494 e. The molecular formula is C15H18BrNOS. The molecule has 0 aliphatic carbocycles. The fraction of sp³-hybridized carbons (Fsp3) is 0.333. The summed E-state index contributed by atoms with van der Waals surface area (Å²) in [4.78, 5) is 1.15. The van der Waals surface area contributed by atoms with Gasteiger partial charge in [-0.3, -0.25) is 0 Å². The molecule has 2 nitrogen and oxygen atoms in total. The Kier molecular flexibility index (Phi) is 4.66. The van der Waals surface area contributed by atoms with Crippen LogP contribution in [0.15, 0.2) is 28.1 Å². The van der Waals surface area contributed by atoms with Gasteiger partial charge >= 0.3 is 0 Å². The number of rotatable bonds is 4. The molecule has 102 valence electrons. The van der Waals surface area contributed by atoms with Gasteiger partial charge in [-0.25, -0.2) is 0 Å². The molecule has 0 saturated heterocycles. The van der Waals surface area contributed by atoms with Crippen LogP contribution in [0.1, 0.15) is 34.5 Å². The Morgan fingerprint density at radius 2 is 2.05 bits per heavy atom. The predicted octanol–water partition coefficient (Wildman–Crippen LogP) is 4.57. The van der Waals surface area contributed by atoms with Crippen LogP contribution in [-0.4, -0.2) is 6.61 Å².